The van der Waals surface area contributed by atoms with E-state index in [9.17, 15) is 26.4 Å². The number of anilines is 1. The molecule has 0 spiro atoms. The predicted molar refractivity (Wildman–Crippen MR) is 152 cm³/mol. The first-order chi connectivity index (χ1) is 19.3. The van der Waals surface area contributed by atoms with Crippen LogP contribution in [-0.4, -0.2) is 54.9 Å². The lowest BCUT2D eigenvalue weighted by Crippen LogP contribution is -2.42. The van der Waals surface area contributed by atoms with Crippen LogP contribution in [0.3, 0.4) is 0 Å². The maximum atomic E-state index is 13.2. The van der Waals surface area contributed by atoms with Crippen molar-refractivity contribution in [3.63, 3.8) is 0 Å². The maximum Gasteiger partial charge on any atom is 0.471 e. The minimum Gasteiger partial charge on any atom is -0.496 e. The number of nitrogens with two attached hydrogens (primary N) is 1. The van der Waals surface area contributed by atoms with E-state index in [2.05, 4.69) is 9.82 Å². The number of nitrogens with one attached hydrogen (secondary N) is 1. The number of nitrogens with zero attached hydrogens (tertiary/aromatic N) is 3. The summed E-state index contributed by atoms with van der Waals surface area (Å²) < 4.78 is 75.6. The van der Waals surface area contributed by atoms with Gasteiger partial charge in [-0.15, -0.1) is 11.3 Å². The van der Waals surface area contributed by atoms with Crippen LogP contribution in [0.2, 0.25) is 4.34 Å². The monoisotopic (exact) mass is 629 g/mol. The van der Waals surface area contributed by atoms with Crippen LogP contribution in [0.4, 0.5) is 19.0 Å². The molecule has 0 aliphatic rings. The van der Waals surface area contributed by atoms with Gasteiger partial charge >= 0.3 is 12.1 Å². The number of sulfonamides is 1. The first-order valence-corrected chi connectivity index (χ1v) is 15.0. The van der Waals surface area contributed by atoms with Gasteiger partial charge in [-0.2, -0.15) is 18.3 Å². The third-order valence-electron chi connectivity index (χ3n) is 6.09. The molecule has 0 fully saturated rings. The summed E-state index contributed by atoms with van der Waals surface area (Å²) >= 11 is 6.82. The number of methoxy groups -OCH3 is 1. The number of alkyl halides is 3. The predicted octanol–water partition coefficient (Wildman–Crippen LogP) is 5.24. The van der Waals surface area contributed by atoms with Crippen LogP contribution >= 0.6 is 22.9 Å². The fourth-order valence-corrected chi connectivity index (χ4v) is 6.68. The number of benzene rings is 2. The molecule has 1 amide bonds. The summed E-state index contributed by atoms with van der Waals surface area (Å²) in [6.45, 7) is 1.39. The molecule has 1 atom stereocenters. The van der Waals surface area contributed by atoms with Gasteiger partial charge in [-0.05, 0) is 48.7 Å². The van der Waals surface area contributed by atoms with Crippen LogP contribution in [0.15, 0.2) is 58.8 Å². The molecular formula is C26H27ClF3N5O4S2. The molecule has 0 aliphatic carbocycles. The lowest BCUT2D eigenvalue weighted by molar-refractivity contribution is -0.186. The summed E-state index contributed by atoms with van der Waals surface area (Å²) in [6.07, 6.45) is -4.81. The molecule has 15 heteroatoms. The van der Waals surface area contributed by atoms with Gasteiger partial charge < -0.3 is 15.4 Å². The largest absolute Gasteiger partial charge is 0.496 e. The molecule has 0 aliphatic heterocycles. The quantitative estimate of drug-likeness (QED) is 0.234. The van der Waals surface area contributed by atoms with Gasteiger partial charge in [-0.3, -0.25) is 14.2 Å². The normalized spacial score (nSPS) is 12.9. The molecule has 1 unspecified atom stereocenters. The number of fused-ring (bicyclic) bond motifs is 1. The fraction of sp³-hybridized carbons (Fsp3) is 0.308. The Labute approximate surface area is 243 Å². The van der Waals surface area contributed by atoms with Crippen LogP contribution in [0, 0.1) is 0 Å². The number of halogens is 4. The van der Waals surface area contributed by atoms with Crippen molar-refractivity contribution in [1.29, 1.82) is 0 Å². The topological polar surface area (TPSA) is 120 Å². The molecule has 2 aromatic carbocycles. The van der Waals surface area contributed by atoms with E-state index in [1.807, 2.05) is 0 Å². The minimum absolute atomic E-state index is 0.00906. The number of carbonyl (C=O) groups is 1. The fourth-order valence-electron chi connectivity index (χ4n) is 4.19. The van der Waals surface area contributed by atoms with Crippen LogP contribution in [0.1, 0.15) is 24.5 Å². The Balaban J connectivity index is 1.65. The van der Waals surface area contributed by atoms with Crippen molar-refractivity contribution in [3.05, 3.63) is 70.1 Å². The minimum atomic E-state index is -5.01. The second kappa shape index (κ2) is 12.3. The highest BCUT2D eigenvalue weighted by Gasteiger charge is 2.42. The molecule has 41 heavy (non-hydrogen) atoms. The van der Waals surface area contributed by atoms with Gasteiger partial charge in [0.1, 0.15) is 9.96 Å². The van der Waals surface area contributed by atoms with Gasteiger partial charge in [0.05, 0.1) is 28.9 Å². The molecular weight excluding hydrogens is 603 g/mol. The second-order valence-corrected chi connectivity index (χ2v) is 13.0. The van der Waals surface area contributed by atoms with Crippen molar-refractivity contribution < 1.29 is 31.1 Å². The standard InChI is InChI=1S/C26H27ClF3N5O4S2/c1-16(31)11-12-34(25(36)26(28,29)30)14-17-5-3-6-18(13-17)15-35-19-7-4-8-20(39-2)23(19)24(32-35)33-41(37,38)22-10-9-21(27)40-22/h3-10,13,16H,11-12,14-15,31H2,1-2H3,(H,32,33). The van der Waals surface area contributed by atoms with E-state index >= 15 is 0 Å². The summed E-state index contributed by atoms with van der Waals surface area (Å²) in [5.74, 6) is -1.51. The summed E-state index contributed by atoms with van der Waals surface area (Å²) in [6, 6.07) is 14.4. The Bertz CT molecular complexity index is 1650. The van der Waals surface area contributed by atoms with E-state index in [1.165, 1.54) is 19.2 Å². The molecule has 3 N–H and O–H groups in total. The Morgan fingerprint density at radius 2 is 1.90 bits per heavy atom. The number of carbonyl (C=O) groups excluding carboxylic acids is 1. The van der Waals surface area contributed by atoms with Gasteiger partial charge in [0, 0.05) is 19.1 Å². The summed E-state index contributed by atoms with van der Waals surface area (Å²) in [4.78, 5) is 12.8. The molecule has 0 radical (unpaired) electrons. The molecule has 0 saturated carbocycles. The molecule has 220 valence electrons. The lowest BCUT2D eigenvalue weighted by Gasteiger charge is -2.25. The Kier molecular flexibility index (Phi) is 9.16. The van der Waals surface area contributed by atoms with Gasteiger partial charge in [0.2, 0.25) is 0 Å². The Morgan fingerprint density at radius 1 is 1.20 bits per heavy atom. The molecule has 4 aromatic rings. The van der Waals surface area contributed by atoms with E-state index < -0.39 is 22.1 Å². The molecule has 2 aromatic heterocycles. The van der Waals surface area contributed by atoms with Crippen LogP contribution in [0.25, 0.3) is 10.9 Å². The number of hydrogen-bond donors (Lipinski definition) is 2. The van der Waals surface area contributed by atoms with Crippen molar-refractivity contribution in [3.8, 4) is 5.75 Å². The number of ether oxygens (including phenoxy) is 1. The molecule has 0 saturated heterocycles. The first kappa shape index (κ1) is 30.6. The lowest BCUT2D eigenvalue weighted by atomic mass is 10.1. The van der Waals surface area contributed by atoms with Crippen molar-refractivity contribution >= 4 is 55.6 Å². The van der Waals surface area contributed by atoms with Gasteiger partial charge in [0.15, 0.2) is 5.82 Å². The highest BCUT2D eigenvalue weighted by atomic mass is 35.5. The second-order valence-electron chi connectivity index (χ2n) is 9.34. The average molecular weight is 630 g/mol. The summed E-state index contributed by atoms with van der Waals surface area (Å²) in [7, 11) is -2.56. The van der Waals surface area contributed by atoms with Crippen LogP contribution < -0.4 is 15.2 Å². The zero-order chi connectivity index (χ0) is 29.9. The highest BCUT2D eigenvalue weighted by Crippen LogP contribution is 2.35. The van der Waals surface area contributed by atoms with Crippen molar-refractivity contribution in [2.75, 3.05) is 18.4 Å². The van der Waals surface area contributed by atoms with Crippen LogP contribution in [0.5, 0.6) is 5.75 Å². The van der Waals surface area contributed by atoms with E-state index in [4.69, 9.17) is 22.1 Å². The van der Waals surface area contributed by atoms with Crippen molar-refractivity contribution in [2.24, 2.45) is 5.73 Å². The number of amides is 1. The summed E-state index contributed by atoms with van der Waals surface area (Å²) in [5, 5.41) is 4.93. The first-order valence-electron chi connectivity index (χ1n) is 12.3. The number of aromatic nitrogens is 2. The maximum absolute atomic E-state index is 13.2. The van der Waals surface area contributed by atoms with E-state index in [-0.39, 0.29) is 42.1 Å². The van der Waals surface area contributed by atoms with Gasteiger partial charge in [-0.1, -0.05) is 41.9 Å². The zero-order valence-electron chi connectivity index (χ0n) is 22.0. The van der Waals surface area contributed by atoms with E-state index in [0.717, 1.165) is 16.2 Å². The van der Waals surface area contributed by atoms with E-state index in [1.54, 1.807) is 54.1 Å². The zero-order valence-corrected chi connectivity index (χ0v) is 24.4. The molecule has 0 bridgehead atoms. The smallest absolute Gasteiger partial charge is 0.471 e. The SMILES string of the molecule is COc1cccc2c1c(NS(=O)(=O)c1ccc(Cl)s1)nn2Cc1cccc(CN(CCC(C)N)C(=O)C(F)(F)F)c1. The third kappa shape index (κ3) is 7.31. The van der Waals surface area contributed by atoms with Crippen molar-refractivity contribution in [1.82, 2.24) is 14.7 Å². The Morgan fingerprint density at radius 3 is 2.54 bits per heavy atom. The number of rotatable bonds is 11. The molecule has 4 rings (SSSR count). The van der Waals surface area contributed by atoms with Gasteiger partial charge in [-0.25, -0.2) is 8.42 Å². The average Bonchev–Trinajstić information content (AvgIpc) is 3.49. The van der Waals surface area contributed by atoms with E-state index in [0.29, 0.717) is 32.1 Å². The summed E-state index contributed by atoms with van der Waals surface area (Å²) in [5.41, 5.74) is 7.41. The number of thiophene rings is 1. The Hall–Kier alpha value is -3.33. The van der Waals surface area contributed by atoms with Gasteiger partial charge in [0.25, 0.3) is 10.0 Å². The van der Waals surface area contributed by atoms with Crippen molar-refractivity contribution in [2.45, 2.75) is 42.9 Å². The molecule has 9 nitrogen and oxygen atoms in total. The van der Waals surface area contributed by atoms with Crippen LogP contribution in [-0.2, 0) is 27.9 Å². The highest BCUT2D eigenvalue weighted by molar-refractivity contribution is 7.94. The molecule has 2 heterocycles. The number of hydrogen-bond acceptors (Lipinski definition) is 7. The third-order valence-corrected chi connectivity index (χ3v) is 9.15.